The van der Waals surface area contributed by atoms with E-state index in [1.807, 2.05) is 32.9 Å². The first-order valence-electron chi connectivity index (χ1n) is 8.45. The number of methoxy groups -OCH3 is 1. The van der Waals surface area contributed by atoms with Crippen molar-refractivity contribution in [3.05, 3.63) is 35.4 Å². The molecule has 1 aromatic carbocycles. The summed E-state index contributed by atoms with van der Waals surface area (Å²) in [6.45, 7) is 6.16. The quantitative estimate of drug-likeness (QED) is 0.731. The van der Waals surface area contributed by atoms with Crippen molar-refractivity contribution in [3.8, 4) is 0 Å². The normalized spacial score (nSPS) is 11.8. The van der Waals surface area contributed by atoms with Crippen LogP contribution in [0.25, 0.3) is 0 Å². The molecule has 1 rings (SSSR count). The fraction of sp³-hybridized carbons (Fsp3) is 0.526. The third kappa shape index (κ3) is 6.57. The van der Waals surface area contributed by atoms with Gasteiger partial charge in [-0.15, -0.1) is 0 Å². The van der Waals surface area contributed by atoms with E-state index in [-0.39, 0.29) is 30.1 Å². The Morgan fingerprint density at radius 1 is 1.16 bits per heavy atom. The van der Waals surface area contributed by atoms with Crippen molar-refractivity contribution in [2.24, 2.45) is 5.92 Å². The van der Waals surface area contributed by atoms with Crippen LogP contribution >= 0.6 is 0 Å². The van der Waals surface area contributed by atoms with Gasteiger partial charge in [-0.05, 0) is 31.4 Å². The average Bonchev–Trinajstić information content (AvgIpc) is 2.58. The first-order valence-corrected chi connectivity index (χ1v) is 8.45. The molecule has 2 amide bonds. The van der Waals surface area contributed by atoms with E-state index in [1.165, 1.54) is 7.11 Å². The first kappa shape index (κ1) is 20.7. The van der Waals surface area contributed by atoms with Gasteiger partial charge in [0.15, 0.2) is 0 Å². The molecule has 1 aromatic rings. The van der Waals surface area contributed by atoms with E-state index in [9.17, 15) is 14.4 Å². The van der Waals surface area contributed by atoms with E-state index in [4.69, 9.17) is 0 Å². The highest BCUT2D eigenvalue weighted by atomic mass is 16.5. The lowest BCUT2D eigenvalue weighted by Crippen LogP contribution is -2.50. The zero-order valence-electron chi connectivity index (χ0n) is 15.7. The molecule has 6 nitrogen and oxygen atoms in total. The number of benzene rings is 1. The molecule has 0 aromatic heterocycles. The lowest BCUT2D eigenvalue weighted by atomic mass is 10.0. The molecular weight excluding hydrogens is 320 g/mol. The summed E-state index contributed by atoms with van der Waals surface area (Å²) >= 11 is 0. The smallest absolute Gasteiger partial charge is 0.305 e. The van der Waals surface area contributed by atoms with Crippen LogP contribution in [0, 0.1) is 12.8 Å². The second kappa shape index (κ2) is 9.81. The minimum absolute atomic E-state index is 0.0510. The third-order valence-corrected chi connectivity index (χ3v) is 4.01. The van der Waals surface area contributed by atoms with E-state index in [2.05, 4.69) is 10.1 Å². The molecule has 138 valence electrons. The second-order valence-corrected chi connectivity index (χ2v) is 6.50. The van der Waals surface area contributed by atoms with Gasteiger partial charge in [-0.3, -0.25) is 14.4 Å². The van der Waals surface area contributed by atoms with Gasteiger partial charge in [0, 0.05) is 25.6 Å². The highest BCUT2D eigenvalue weighted by Gasteiger charge is 2.27. The topological polar surface area (TPSA) is 75.7 Å². The Hall–Kier alpha value is -2.37. The molecule has 0 saturated carbocycles. The number of aryl methyl sites for hydroxylation is 1. The van der Waals surface area contributed by atoms with E-state index >= 15 is 0 Å². The van der Waals surface area contributed by atoms with Gasteiger partial charge in [0.2, 0.25) is 5.91 Å². The lowest BCUT2D eigenvalue weighted by molar-refractivity contribution is -0.141. The summed E-state index contributed by atoms with van der Waals surface area (Å²) in [5.41, 5.74) is 1.59. The molecular formula is C19H28N2O4. The number of amides is 2. The molecule has 0 fully saturated rings. The Morgan fingerprint density at radius 2 is 1.76 bits per heavy atom. The van der Waals surface area contributed by atoms with E-state index < -0.39 is 6.04 Å². The van der Waals surface area contributed by atoms with Crippen molar-refractivity contribution < 1.29 is 19.1 Å². The van der Waals surface area contributed by atoms with Crippen LogP contribution in [0.15, 0.2) is 24.3 Å². The zero-order valence-corrected chi connectivity index (χ0v) is 15.7. The van der Waals surface area contributed by atoms with Crippen molar-refractivity contribution in [3.63, 3.8) is 0 Å². The molecule has 1 unspecified atom stereocenters. The third-order valence-electron chi connectivity index (χ3n) is 4.01. The van der Waals surface area contributed by atoms with Crippen molar-refractivity contribution in [2.75, 3.05) is 20.7 Å². The number of hydrogen-bond donors (Lipinski definition) is 1. The Balaban J connectivity index is 2.68. The number of likely N-dealkylation sites (N-methyl/N-ethyl adjacent to an activating group) is 1. The van der Waals surface area contributed by atoms with Crippen LogP contribution in [0.5, 0.6) is 0 Å². The molecule has 0 bridgehead atoms. The molecule has 0 aliphatic carbocycles. The van der Waals surface area contributed by atoms with Crippen LogP contribution in [0.1, 0.15) is 42.6 Å². The van der Waals surface area contributed by atoms with Crippen molar-refractivity contribution in [1.82, 2.24) is 10.2 Å². The van der Waals surface area contributed by atoms with Gasteiger partial charge >= 0.3 is 5.97 Å². The van der Waals surface area contributed by atoms with E-state index in [0.717, 1.165) is 5.56 Å². The number of esters is 1. The molecule has 0 radical (unpaired) electrons. The van der Waals surface area contributed by atoms with Crippen LogP contribution in [0.2, 0.25) is 0 Å². The van der Waals surface area contributed by atoms with Crippen LogP contribution < -0.4 is 5.32 Å². The van der Waals surface area contributed by atoms with Gasteiger partial charge in [-0.25, -0.2) is 0 Å². The average molecular weight is 348 g/mol. The number of carbonyl (C=O) groups excluding carboxylic acids is 3. The fourth-order valence-electron chi connectivity index (χ4n) is 2.35. The zero-order chi connectivity index (χ0) is 19.0. The highest BCUT2D eigenvalue weighted by molar-refractivity contribution is 5.97. The molecule has 0 saturated heterocycles. The molecule has 0 aliphatic heterocycles. The maximum Gasteiger partial charge on any atom is 0.305 e. The Bertz CT molecular complexity index is 596. The van der Waals surface area contributed by atoms with Crippen molar-refractivity contribution in [1.29, 1.82) is 0 Å². The summed E-state index contributed by atoms with van der Waals surface area (Å²) in [6.07, 6.45) is 0.780. The number of carbonyl (C=O) groups is 3. The largest absolute Gasteiger partial charge is 0.469 e. The maximum absolute atomic E-state index is 12.6. The molecule has 0 aliphatic rings. The monoisotopic (exact) mass is 348 g/mol. The van der Waals surface area contributed by atoms with Gasteiger partial charge in [-0.2, -0.15) is 0 Å². The fourth-order valence-corrected chi connectivity index (χ4v) is 2.35. The van der Waals surface area contributed by atoms with Crippen LogP contribution in [0.4, 0.5) is 0 Å². The van der Waals surface area contributed by atoms with Gasteiger partial charge in [-0.1, -0.05) is 31.5 Å². The number of nitrogens with one attached hydrogen (secondary N) is 1. The predicted molar refractivity (Wildman–Crippen MR) is 96.2 cm³/mol. The van der Waals surface area contributed by atoms with Crippen molar-refractivity contribution >= 4 is 17.8 Å². The highest BCUT2D eigenvalue weighted by Crippen LogP contribution is 2.09. The molecule has 1 atom stereocenters. The number of hydrogen-bond acceptors (Lipinski definition) is 4. The van der Waals surface area contributed by atoms with E-state index in [1.54, 1.807) is 24.1 Å². The predicted octanol–water partition coefficient (Wildman–Crippen LogP) is 2.16. The number of nitrogens with zero attached hydrogens (tertiary/aromatic N) is 1. The van der Waals surface area contributed by atoms with Crippen LogP contribution in [-0.4, -0.2) is 49.4 Å². The summed E-state index contributed by atoms with van der Waals surface area (Å²) in [4.78, 5) is 37.7. The molecule has 25 heavy (non-hydrogen) atoms. The van der Waals surface area contributed by atoms with Crippen LogP contribution in [-0.2, 0) is 14.3 Å². The van der Waals surface area contributed by atoms with Gasteiger partial charge in [0.1, 0.15) is 6.04 Å². The number of rotatable bonds is 8. The molecule has 6 heteroatoms. The minimum Gasteiger partial charge on any atom is -0.469 e. The Labute approximate surface area is 149 Å². The Morgan fingerprint density at radius 3 is 2.28 bits per heavy atom. The summed E-state index contributed by atoms with van der Waals surface area (Å²) < 4.78 is 4.59. The van der Waals surface area contributed by atoms with E-state index in [0.29, 0.717) is 18.5 Å². The molecule has 1 N–H and O–H groups in total. The maximum atomic E-state index is 12.6. The lowest BCUT2D eigenvalue weighted by Gasteiger charge is -2.27. The van der Waals surface area contributed by atoms with Crippen LogP contribution in [0.3, 0.4) is 0 Å². The van der Waals surface area contributed by atoms with Gasteiger partial charge in [0.05, 0.1) is 7.11 Å². The minimum atomic E-state index is -0.614. The first-order chi connectivity index (χ1) is 11.8. The summed E-state index contributed by atoms with van der Waals surface area (Å²) in [7, 11) is 3.01. The molecule has 0 heterocycles. The SMILES string of the molecule is COC(=O)CCCN(C)C(=O)C(NC(=O)c1ccc(C)cc1)C(C)C. The second-order valence-electron chi connectivity index (χ2n) is 6.50. The summed E-state index contributed by atoms with van der Waals surface area (Å²) in [5, 5.41) is 2.82. The van der Waals surface area contributed by atoms with Gasteiger partial charge < -0.3 is 15.0 Å². The van der Waals surface area contributed by atoms with Gasteiger partial charge in [0.25, 0.3) is 5.91 Å². The summed E-state index contributed by atoms with van der Waals surface area (Å²) in [6, 6.07) is 6.59. The Kier molecular flexibility index (Phi) is 8.11. The summed E-state index contributed by atoms with van der Waals surface area (Å²) in [5.74, 6) is -0.783. The number of ether oxygens (including phenoxy) is 1. The standard InChI is InChI=1S/C19H28N2O4/c1-13(2)17(19(24)21(4)12-6-7-16(22)25-5)20-18(23)15-10-8-14(3)9-11-15/h8-11,13,17H,6-7,12H2,1-5H3,(H,20,23). The molecule has 0 spiro atoms. The van der Waals surface area contributed by atoms with Crippen molar-refractivity contribution in [2.45, 2.75) is 39.7 Å².